The third-order valence-electron chi connectivity index (χ3n) is 5.10. The Hall–Kier alpha value is -2.28. The lowest BCUT2D eigenvalue weighted by atomic mass is 9.93. The Morgan fingerprint density at radius 3 is 2.54 bits per heavy atom. The summed E-state index contributed by atoms with van der Waals surface area (Å²) in [5.41, 5.74) is 6.66. The number of benzene rings is 1. The van der Waals surface area contributed by atoms with Gasteiger partial charge in [-0.2, -0.15) is 0 Å². The molecule has 2 aromatic rings. The van der Waals surface area contributed by atoms with Gasteiger partial charge in [-0.05, 0) is 54.3 Å². The molecule has 7 heteroatoms. The van der Waals surface area contributed by atoms with Crippen LogP contribution in [0, 0.1) is 11.8 Å². The molecule has 1 amide bonds. The van der Waals surface area contributed by atoms with Gasteiger partial charge in [0, 0.05) is 5.92 Å². The smallest absolute Gasteiger partial charge is 0.220 e. The molecule has 1 saturated heterocycles. The molecule has 3 rings (SSSR count). The molecule has 2 heterocycles. The second kappa shape index (κ2) is 8.40. The molecule has 7 nitrogen and oxygen atoms in total. The van der Waals surface area contributed by atoms with Crippen molar-refractivity contribution in [2.24, 2.45) is 17.6 Å². The number of carbonyl (C=O) groups is 1. The standard InChI is InChI=1S/C19H28N6O/c1-14(2)12-17(24-10-8-16(9-11-24)18(20)26)19-21-22-23-25(19)13-15-6-4-3-5-7-15/h3-7,14,16-17H,8-13H2,1-2H3,(H2,20,26)/t17-/m1/s1. The molecule has 26 heavy (non-hydrogen) atoms. The van der Waals surface area contributed by atoms with E-state index in [9.17, 15) is 4.79 Å². The number of hydrogen-bond acceptors (Lipinski definition) is 5. The van der Waals surface area contributed by atoms with Crippen molar-refractivity contribution in [1.29, 1.82) is 0 Å². The number of tetrazole rings is 1. The summed E-state index contributed by atoms with van der Waals surface area (Å²) in [5, 5.41) is 12.5. The van der Waals surface area contributed by atoms with Crippen LogP contribution in [-0.4, -0.2) is 44.1 Å². The zero-order chi connectivity index (χ0) is 18.5. The van der Waals surface area contributed by atoms with Gasteiger partial charge >= 0.3 is 0 Å². The van der Waals surface area contributed by atoms with Crippen LogP contribution in [0.3, 0.4) is 0 Å². The van der Waals surface area contributed by atoms with Crippen LogP contribution in [0.4, 0.5) is 0 Å². The van der Waals surface area contributed by atoms with E-state index in [-0.39, 0.29) is 17.9 Å². The molecule has 0 radical (unpaired) electrons. The maximum absolute atomic E-state index is 11.5. The number of piperidine rings is 1. The van der Waals surface area contributed by atoms with E-state index in [1.54, 1.807) is 0 Å². The number of rotatable bonds is 7. The highest BCUT2D eigenvalue weighted by atomic mass is 16.1. The highest BCUT2D eigenvalue weighted by Gasteiger charge is 2.31. The first-order valence-corrected chi connectivity index (χ1v) is 9.38. The van der Waals surface area contributed by atoms with Crippen LogP contribution in [0.5, 0.6) is 0 Å². The first kappa shape index (κ1) is 18.5. The molecule has 1 atom stereocenters. The number of amides is 1. The second-order valence-corrected chi connectivity index (χ2v) is 7.54. The molecule has 1 aromatic carbocycles. The maximum atomic E-state index is 11.5. The summed E-state index contributed by atoms with van der Waals surface area (Å²) < 4.78 is 1.91. The molecule has 0 spiro atoms. The molecule has 0 saturated carbocycles. The first-order chi connectivity index (χ1) is 12.5. The quantitative estimate of drug-likeness (QED) is 0.819. The van der Waals surface area contributed by atoms with Crippen molar-refractivity contribution in [3.63, 3.8) is 0 Å². The Bertz CT molecular complexity index is 706. The minimum Gasteiger partial charge on any atom is -0.369 e. The Morgan fingerprint density at radius 1 is 1.23 bits per heavy atom. The van der Waals surface area contributed by atoms with Crippen LogP contribution in [0.1, 0.15) is 50.5 Å². The SMILES string of the molecule is CC(C)C[C@H](c1nnnn1Cc1ccccc1)N1CCC(C(N)=O)CC1. The molecule has 2 N–H and O–H groups in total. The molecule has 1 fully saturated rings. The molecule has 0 unspecified atom stereocenters. The minimum atomic E-state index is -0.182. The topological polar surface area (TPSA) is 89.9 Å². The molecular formula is C19H28N6O. The largest absolute Gasteiger partial charge is 0.369 e. The van der Waals surface area contributed by atoms with Crippen molar-refractivity contribution < 1.29 is 4.79 Å². The normalized spacial score (nSPS) is 17.5. The zero-order valence-electron chi connectivity index (χ0n) is 15.6. The van der Waals surface area contributed by atoms with Gasteiger partial charge in [-0.1, -0.05) is 44.2 Å². The van der Waals surface area contributed by atoms with Gasteiger partial charge in [0.05, 0.1) is 12.6 Å². The lowest BCUT2D eigenvalue weighted by Crippen LogP contribution is -2.41. The van der Waals surface area contributed by atoms with Crippen molar-refractivity contribution in [2.75, 3.05) is 13.1 Å². The van der Waals surface area contributed by atoms with E-state index in [0.717, 1.165) is 38.2 Å². The fraction of sp³-hybridized carbons (Fsp3) is 0.579. The summed E-state index contributed by atoms with van der Waals surface area (Å²) >= 11 is 0. The molecule has 1 aromatic heterocycles. The predicted octanol–water partition coefficient (Wildman–Crippen LogP) is 2.01. The highest BCUT2D eigenvalue weighted by Crippen LogP contribution is 2.30. The van der Waals surface area contributed by atoms with E-state index >= 15 is 0 Å². The van der Waals surface area contributed by atoms with Gasteiger partial charge in [-0.15, -0.1) is 5.10 Å². The fourth-order valence-electron chi connectivity index (χ4n) is 3.68. The van der Waals surface area contributed by atoms with E-state index < -0.39 is 0 Å². The average Bonchev–Trinajstić information content (AvgIpc) is 3.08. The zero-order valence-corrected chi connectivity index (χ0v) is 15.6. The van der Waals surface area contributed by atoms with Crippen LogP contribution >= 0.6 is 0 Å². The van der Waals surface area contributed by atoms with Gasteiger partial charge < -0.3 is 5.73 Å². The van der Waals surface area contributed by atoms with E-state index in [4.69, 9.17) is 5.73 Å². The van der Waals surface area contributed by atoms with Crippen LogP contribution in [0.15, 0.2) is 30.3 Å². The number of primary amides is 1. The third-order valence-corrected chi connectivity index (χ3v) is 5.10. The van der Waals surface area contributed by atoms with Gasteiger partial charge in [0.1, 0.15) is 0 Å². The number of nitrogens with zero attached hydrogens (tertiary/aromatic N) is 5. The molecule has 0 aliphatic carbocycles. The minimum absolute atomic E-state index is 0.00809. The van der Waals surface area contributed by atoms with Gasteiger partial charge in [0.15, 0.2) is 5.82 Å². The predicted molar refractivity (Wildman–Crippen MR) is 99.0 cm³/mol. The van der Waals surface area contributed by atoms with Crippen molar-refractivity contribution in [3.05, 3.63) is 41.7 Å². The van der Waals surface area contributed by atoms with Crippen LogP contribution in [-0.2, 0) is 11.3 Å². The lowest BCUT2D eigenvalue weighted by Gasteiger charge is -2.36. The monoisotopic (exact) mass is 356 g/mol. The summed E-state index contributed by atoms with van der Waals surface area (Å²) in [7, 11) is 0. The van der Waals surface area contributed by atoms with Gasteiger partial charge in [0.25, 0.3) is 0 Å². The average molecular weight is 356 g/mol. The summed E-state index contributed by atoms with van der Waals surface area (Å²) in [6, 6.07) is 10.4. The summed E-state index contributed by atoms with van der Waals surface area (Å²) in [5.74, 6) is 1.24. The summed E-state index contributed by atoms with van der Waals surface area (Å²) in [6.45, 7) is 6.80. The molecule has 1 aliphatic rings. The van der Waals surface area contributed by atoms with Gasteiger partial charge in [-0.25, -0.2) is 4.68 Å². The molecule has 140 valence electrons. The number of nitrogens with two attached hydrogens (primary N) is 1. The number of likely N-dealkylation sites (tertiary alicyclic amines) is 1. The lowest BCUT2D eigenvalue weighted by molar-refractivity contribution is -0.123. The molecule has 1 aliphatic heterocycles. The molecular weight excluding hydrogens is 328 g/mol. The van der Waals surface area contributed by atoms with Crippen molar-refractivity contribution in [3.8, 4) is 0 Å². The van der Waals surface area contributed by atoms with Crippen LogP contribution in [0.2, 0.25) is 0 Å². The second-order valence-electron chi connectivity index (χ2n) is 7.54. The van der Waals surface area contributed by atoms with E-state index in [2.05, 4.69) is 46.4 Å². The number of carbonyl (C=O) groups excluding carboxylic acids is 1. The van der Waals surface area contributed by atoms with E-state index in [1.165, 1.54) is 5.56 Å². The Kier molecular flexibility index (Phi) is 5.98. The van der Waals surface area contributed by atoms with Crippen LogP contribution < -0.4 is 5.73 Å². The summed E-state index contributed by atoms with van der Waals surface area (Å²) in [6.07, 6.45) is 2.60. The summed E-state index contributed by atoms with van der Waals surface area (Å²) in [4.78, 5) is 13.9. The Labute approximate surface area is 154 Å². The van der Waals surface area contributed by atoms with Crippen LogP contribution in [0.25, 0.3) is 0 Å². The fourth-order valence-corrected chi connectivity index (χ4v) is 3.68. The van der Waals surface area contributed by atoms with Crippen molar-refractivity contribution >= 4 is 5.91 Å². The number of hydrogen-bond donors (Lipinski definition) is 1. The molecule has 0 bridgehead atoms. The Morgan fingerprint density at radius 2 is 1.92 bits per heavy atom. The number of aromatic nitrogens is 4. The van der Waals surface area contributed by atoms with Crippen molar-refractivity contribution in [2.45, 2.75) is 45.7 Å². The van der Waals surface area contributed by atoms with Gasteiger partial charge in [0.2, 0.25) is 5.91 Å². The third kappa shape index (κ3) is 4.46. The van der Waals surface area contributed by atoms with Gasteiger partial charge in [-0.3, -0.25) is 9.69 Å². The van der Waals surface area contributed by atoms with Crippen molar-refractivity contribution in [1.82, 2.24) is 25.1 Å². The highest BCUT2D eigenvalue weighted by molar-refractivity contribution is 5.76. The van der Waals surface area contributed by atoms with E-state index in [0.29, 0.717) is 12.5 Å². The first-order valence-electron chi connectivity index (χ1n) is 9.38. The Balaban J connectivity index is 1.78. The maximum Gasteiger partial charge on any atom is 0.220 e. The van der Waals surface area contributed by atoms with E-state index in [1.807, 2.05) is 22.9 Å².